The van der Waals surface area contributed by atoms with E-state index in [1.54, 1.807) is 6.92 Å². The zero-order chi connectivity index (χ0) is 9.90. The van der Waals surface area contributed by atoms with Gasteiger partial charge in [-0.25, -0.2) is 0 Å². The number of aliphatic hydroxyl groups is 1. The van der Waals surface area contributed by atoms with Gasteiger partial charge in [-0.3, -0.25) is 0 Å². The molecule has 78 valence electrons. The van der Waals surface area contributed by atoms with Crippen LogP contribution in [0.25, 0.3) is 0 Å². The highest BCUT2D eigenvalue weighted by Gasteiger charge is 2.50. The lowest BCUT2D eigenvalue weighted by Gasteiger charge is -2.34. The highest BCUT2D eigenvalue weighted by Crippen LogP contribution is 2.35. The number of ether oxygens (including phenoxy) is 2. The van der Waals surface area contributed by atoms with E-state index >= 15 is 0 Å². The van der Waals surface area contributed by atoms with Crippen molar-refractivity contribution in [3.05, 3.63) is 0 Å². The molecule has 0 spiro atoms. The number of aliphatic hydroxyl groups excluding tert-OH is 1. The second-order valence-electron chi connectivity index (χ2n) is 3.64. The fraction of sp³-hybridized carbons (Fsp3) is 1.00. The number of epoxide rings is 1. The van der Waals surface area contributed by atoms with Crippen molar-refractivity contribution in [1.82, 2.24) is 0 Å². The van der Waals surface area contributed by atoms with Gasteiger partial charge >= 0.3 is 0 Å². The number of hydrogen-bond acceptors (Lipinski definition) is 3. The quantitative estimate of drug-likeness (QED) is 0.640. The molecule has 3 atom stereocenters. The van der Waals surface area contributed by atoms with Crippen LogP contribution in [0.15, 0.2) is 0 Å². The van der Waals surface area contributed by atoms with Crippen molar-refractivity contribution >= 4 is 0 Å². The van der Waals surface area contributed by atoms with E-state index in [2.05, 4.69) is 6.92 Å². The third kappa shape index (κ3) is 2.22. The van der Waals surface area contributed by atoms with Gasteiger partial charge in [0.05, 0.1) is 12.7 Å². The maximum Gasteiger partial charge on any atom is 0.122 e. The van der Waals surface area contributed by atoms with E-state index in [-0.39, 0.29) is 6.10 Å². The molecule has 1 fully saturated rings. The third-order valence-corrected chi connectivity index (χ3v) is 2.64. The topological polar surface area (TPSA) is 42.0 Å². The second kappa shape index (κ2) is 4.40. The van der Waals surface area contributed by atoms with Crippen molar-refractivity contribution in [3.8, 4) is 0 Å². The zero-order valence-corrected chi connectivity index (χ0v) is 8.75. The summed E-state index contributed by atoms with van der Waals surface area (Å²) in [6.07, 6.45) is 1.51. The Labute approximate surface area is 80.0 Å². The average Bonchev–Trinajstić information content (AvgIpc) is 2.85. The number of rotatable bonds is 6. The Morgan fingerprint density at radius 3 is 2.54 bits per heavy atom. The summed E-state index contributed by atoms with van der Waals surface area (Å²) >= 11 is 0. The monoisotopic (exact) mass is 188 g/mol. The summed E-state index contributed by atoms with van der Waals surface area (Å²) in [5, 5.41) is 9.73. The van der Waals surface area contributed by atoms with Gasteiger partial charge in [-0.05, 0) is 20.3 Å². The van der Waals surface area contributed by atoms with Crippen LogP contribution in [0.4, 0.5) is 0 Å². The summed E-state index contributed by atoms with van der Waals surface area (Å²) < 4.78 is 10.9. The first-order valence-corrected chi connectivity index (χ1v) is 5.11. The minimum Gasteiger partial charge on any atom is -0.390 e. The first kappa shape index (κ1) is 11.0. The van der Waals surface area contributed by atoms with Crippen LogP contribution in [-0.2, 0) is 9.47 Å². The lowest BCUT2D eigenvalue weighted by Crippen LogP contribution is -2.48. The molecule has 3 unspecified atom stereocenters. The largest absolute Gasteiger partial charge is 0.390 e. The molecular weight excluding hydrogens is 168 g/mol. The lowest BCUT2D eigenvalue weighted by molar-refractivity contribution is -0.132. The summed E-state index contributed by atoms with van der Waals surface area (Å²) in [5.41, 5.74) is -0.455. The summed E-state index contributed by atoms with van der Waals surface area (Å²) in [4.78, 5) is 0. The summed E-state index contributed by atoms with van der Waals surface area (Å²) in [7, 11) is 0. The minimum atomic E-state index is -0.458. The molecule has 0 amide bonds. The van der Waals surface area contributed by atoms with Gasteiger partial charge in [-0.1, -0.05) is 13.3 Å². The molecule has 3 heteroatoms. The van der Waals surface area contributed by atoms with Gasteiger partial charge in [0.2, 0.25) is 0 Å². The molecule has 0 aromatic heterocycles. The molecule has 0 aromatic carbocycles. The second-order valence-corrected chi connectivity index (χ2v) is 3.64. The molecule has 1 saturated heterocycles. The van der Waals surface area contributed by atoms with Crippen LogP contribution < -0.4 is 0 Å². The van der Waals surface area contributed by atoms with Crippen LogP contribution >= 0.6 is 0 Å². The molecule has 0 aromatic rings. The van der Waals surface area contributed by atoms with Gasteiger partial charge in [0.25, 0.3) is 0 Å². The molecule has 3 nitrogen and oxygen atoms in total. The SMILES string of the molecule is CCCC(OCC)(C(C)O)C1CO1. The molecular formula is C10H20O3. The zero-order valence-electron chi connectivity index (χ0n) is 8.75. The molecule has 1 aliphatic heterocycles. The minimum absolute atomic E-state index is 0.104. The molecule has 1 N–H and O–H groups in total. The van der Waals surface area contributed by atoms with Crippen LogP contribution in [0.2, 0.25) is 0 Å². The predicted octanol–water partition coefficient (Wildman–Crippen LogP) is 1.34. The van der Waals surface area contributed by atoms with Gasteiger partial charge in [0.1, 0.15) is 11.7 Å². The highest BCUT2D eigenvalue weighted by atomic mass is 16.6. The molecule has 0 saturated carbocycles. The van der Waals surface area contributed by atoms with Gasteiger partial charge in [0.15, 0.2) is 0 Å². The Hall–Kier alpha value is -0.120. The number of hydrogen-bond donors (Lipinski definition) is 1. The van der Waals surface area contributed by atoms with Crippen LogP contribution in [-0.4, -0.2) is 36.1 Å². The van der Waals surface area contributed by atoms with Crippen molar-refractivity contribution in [2.75, 3.05) is 13.2 Å². The summed E-state index contributed by atoms with van der Waals surface area (Å²) in [5.74, 6) is 0. The van der Waals surface area contributed by atoms with Gasteiger partial charge in [0, 0.05) is 6.61 Å². The molecule has 1 aliphatic rings. The summed E-state index contributed by atoms with van der Waals surface area (Å²) in [6.45, 7) is 7.19. The normalized spacial score (nSPS) is 28.2. The first-order chi connectivity index (χ1) is 6.17. The van der Waals surface area contributed by atoms with E-state index in [0.717, 1.165) is 19.4 Å². The smallest absolute Gasteiger partial charge is 0.122 e. The molecule has 0 bridgehead atoms. The van der Waals surface area contributed by atoms with Crippen molar-refractivity contribution in [1.29, 1.82) is 0 Å². The van der Waals surface area contributed by atoms with E-state index in [1.165, 1.54) is 0 Å². The Morgan fingerprint density at radius 2 is 2.23 bits per heavy atom. The third-order valence-electron chi connectivity index (χ3n) is 2.64. The van der Waals surface area contributed by atoms with Gasteiger partial charge < -0.3 is 14.6 Å². The van der Waals surface area contributed by atoms with Crippen LogP contribution in [0.3, 0.4) is 0 Å². The Balaban J connectivity index is 2.66. The van der Waals surface area contributed by atoms with Crippen LogP contribution in [0.5, 0.6) is 0 Å². The maximum absolute atomic E-state index is 9.73. The molecule has 0 aliphatic carbocycles. The fourth-order valence-corrected chi connectivity index (χ4v) is 1.91. The Kier molecular flexibility index (Phi) is 3.71. The highest BCUT2D eigenvalue weighted by molar-refractivity contribution is 4.99. The molecule has 1 rings (SSSR count). The molecule has 0 radical (unpaired) electrons. The molecule has 1 heterocycles. The lowest BCUT2D eigenvalue weighted by atomic mass is 9.88. The fourth-order valence-electron chi connectivity index (χ4n) is 1.91. The van der Waals surface area contributed by atoms with Gasteiger partial charge in [-0.2, -0.15) is 0 Å². The predicted molar refractivity (Wildman–Crippen MR) is 50.7 cm³/mol. The van der Waals surface area contributed by atoms with Crippen molar-refractivity contribution in [2.45, 2.75) is 51.4 Å². The van der Waals surface area contributed by atoms with Crippen LogP contribution in [0.1, 0.15) is 33.6 Å². The van der Waals surface area contributed by atoms with Crippen molar-refractivity contribution < 1.29 is 14.6 Å². The maximum atomic E-state index is 9.73. The summed E-state index contributed by atoms with van der Waals surface area (Å²) in [6, 6.07) is 0. The van der Waals surface area contributed by atoms with Crippen molar-refractivity contribution in [2.24, 2.45) is 0 Å². The van der Waals surface area contributed by atoms with E-state index in [4.69, 9.17) is 9.47 Å². The first-order valence-electron chi connectivity index (χ1n) is 5.11. The van der Waals surface area contributed by atoms with Gasteiger partial charge in [-0.15, -0.1) is 0 Å². The van der Waals surface area contributed by atoms with E-state index < -0.39 is 11.7 Å². The Bertz CT molecular complexity index is 142. The van der Waals surface area contributed by atoms with Crippen LogP contribution in [0, 0.1) is 0 Å². The van der Waals surface area contributed by atoms with E-state index in [9.17, 15) is 5.11 Å². The average molecular weight is 188 g/mol. The molecule has 13 heavy (non-hydrogen) atoms. The standard InChI is InChI=1S/C10H20O3/c1-4-6-10(8(3)11,13-5-2)9-7-12-9/h8-9,11H,4-7H2,1-3H3. The van der Waals surface area contributed by atoms with Crippen molar-refractivity contribution in [3.63, 3.8) is 0 Å². The van der Waals surface area contributed by atoms with E-state index in [0.29, 0.717) is 6.61 Å². The Morgan fingerprint density at radius 1 is 1.62 bits per heavy atom. The van der Waals surface area contributed by atoms with E-state index in [1.807, 2.05) is 6.92 Å².